The normalized spacial score (nSPS) is 9.62. The molecule has 0 saturated carbocycles. The molecule has 1 aromatic carbocycles. The molecule has 130 valence electrons. The molecule has 1 aromatic heterocycles. The molecule has 2 rings (SSSR count). The lowest BCUT2D eigenvalue weighted by Crippen LogP contribution is -2.19. The van der Waals surface area contributed by atoms with Gasteiger partial charge in [-0.15, -0.1) is 11.3 Å². The van der Waals surface area contributed by atoms with E-state index in [4.69, 9.17) is 15.0 Å². The maximum absolute atomic E-state index is 11.9. The number of carbonyl (C=O) groups excluding carboxylic acids is 1. The van der Waals surface area contributed by atoms with Gasteiger partial charge in [0.1, 0.15) is 6.61 Å². The van der Waals surface area contributed by atoms with Crippen LogP contribution in [0.15, 0.2) is 36.4 Å². The minimum atomic E-state index is -0.500. The van der Waals surface area contributed by atoms with Crippen molar-refractivity contribution < 1.29 is 19.5 Å². The van der Waals surface area contributed by atoms with Gasteiger partial charge in [0, 0.05) is 15.5 Å². The average molecular weight is 353 g/mol. The smallest absolute Gasteiger partial charge is 0.308 e. The number of urea groups is 1. The summed E-state index contributed by atoms with van der Waals surface area (Å²) < 4.78 is 0. The van der Waals surface area contributed by atoms with Gasteiger partial charge in [-0.05, 0) is 25.1 Å². The Kier molecular flexibility index (Phi) is 8.41. The number of hydrogen-bond donors (Lipinski definition) is 2. The van der Waals surface area contributed by atoms with Gasteiger partial charge in [0.25, 0.3) is 0 Å². The Morgan fingerprint density at radius 3 is 2.50 bits per heavy atom. The highest BCUT2D eigenvalue weighted by molar-refractivity contribution is 7.12. The maximum Gasteiger partial charge on any atom is 0.323 e. The molecule has 0 unspecified atom stereocenters. The van der Waals surface area contributed by atoms with Crippen LogP contribution < -0.4 is 10.6 Å². The summed E-state index contributed by atoms with van der Waals surface area (Å²) in [7, 11) is 2.34. The van der Waals surface area contributed by atoms with Crippen molar-refractivity contribution in [3.8, 4) is 0 Å². The fourth-order valence-electron chi connectivity index (χ4n) is 1.69. The lowest BCUT2D eigenvalue weighted by Gasteiger charge is -2.08. The molecule has 0 aliphatic carbocycles. The first-order valence-electron chi connectivity index (χ1n) is 6.88. The van der Waals surface area contributed by atoms with E-state index in [9.17, 15) is 4.79 Å². The van der Waals surface area contributed by atoms with Crippen LogP contribution in [0.5, 0.6) is 0 Å². The predicted molar refractivity (Wildman–Crippen MR) is 92.9 cm³/mol. The monoisotopic (exact) mass is 353 g/mol. The van der Waals surface area contributed by atoms with Crippen molar-refractivity contribution in [3.05, 3.63) is 56.3 Å². The molecule has 8 nitrogen and oxygen atoms in total. The Hall–Kier alpha value is -2.49. The number of amides is 2. The molecule has 9 heteroatoms. The van der Waals surface area contributed by atoms with Crippen molar-refractivity contribution in [3.63, 3.8) is 0 Å². The number of nitro groups is 1. The minimum absolute atomic E-state index is 0.285. The molecule has 0 aliphatic rings. The number of nitrogens with one attached hydrogen (secondary N) is 2. The zero-order valence-electron chi connectivity index (χ0n) is 13.6. The number of aryl methyl sites for hydroxylation is 1. The first-order valence-corrected chi connectivity index (χ1v) is 7.70. The van der Waals surface area contributed by atoms with Crippen LogP contribution in [0.4, 0.5) is 16.2 Å². The topological polar surface area (TPSA) is 103 Å². The van der Waals surface area contributed by atoms with Crippen molar-refractivity contribution >= 4 is 28.7 Å². The molecule has 1 heterocycles. The van der Waals surface area contributed by atoms with Crippen LogP contribution in [-0.4, -0.2) is 25.1 Å². The summed E-state index contributed by atoms with van der Waals surface area (Å²) in [5.41, 5.74) is 1.48. The molecule has 0 fully saturated rings. The van der Waals surface area contributed by atoms with Crippen molar-refractivity contribution in [2.45, 2.75) is 13.5 Å². The van der Waals surface area contributed by atoms with Gasteiger partial charge in [-0.25, -0.2) is 14.6 Å². The van der Waals surface area contributed by atoms with Crippen LogP contribution in [0, 0.1) is 17.0 Å². The molecule has 2 N–H and O–H groups in total. The standard InChI is InChI=1S/C14H16N2O3S.CH3NO2/c1-10-8-12(13(20-10)9-19-18-2)16-14(17)15-11-6-4-3-5-7-11;1-2(3)4/h3-8H,9H2,1-2H3,(H2,15,16,17);1H3. The van der Waals surface area contributed by atoms with Crippen molar-refractivity contribution in [2.75, 3.05) is 24.8 Å². The van der Waals surface area contributed by atoms with E-state index < -0.39 is 4.92 Å². The van der Waals surface area contributed by atoms with Crippen LogP contribution in [0.2, 0.25) is 0 Å². The molecule has 0 radical (unpaired) electrons. The molecule has 0 bridgehead atoms. The zero-order chi connectivity index (χ0) is 17.9. The Morgan fingerprint density at radius 2 is 1.92 bits per heavy atom. The highest BCUT2D eigenvalue weighted by Gasteiger charge is 2.11. The number of para-hydroxylation sites is 1. The summed E-state index contributed by atoms with van der Waals surface area (Å²) in [5, 5.41) is 14.4. The number of nitrogens with zero attached hydrogens (tertiary/aromatic N) is 1. The minimum Gasteiger partial charge on any atom is -0.308 e. The fraction of sp³-hybridized carbons (Fsp3) is 0.267. The predicted octanol–water partition coefficient (Wildman–Crippen LogP) is 3.67. The Morgan fingerprint density at radius 1 is 1.29 bits per heavy atom. The summed E-state index contributed by atoms with van der Waals surface area (Å²) in [6.07, 6.45) is 0. The summed E-state index contributed by atoms with van der Waals surface area (Å²) in [4.78, 5) is 31.7. The van der Waals surface area contributed by atoms with E-state index in [1.54, 1.807) is 11.3 Å². The first kappa shape index (κ1) is 19.6. The molecule has 0 saturated heterocycles. The number of carbonyl (C=O) groups is 1. The van der Waals surface area contributed by atoms with Crippen molar-refractivity contribution in [2.24, 2.45) is 0 Å². The molecular formula is C15H19N3O5S. The number of benzene rings is 1. The quantitative estimate of drug-likeness (QED) is 0.485. The van der Waals surface area contributed by atoms with Gasteiger partial charge in [-0.1, -0.05) is 18.2 Å². The highest BCUT2D eigenvalue weighted by Crippen LogP contribution is 2.27. The maximum atomic E-state index is 11.9. The van der Waals surface area contributed by atoms with Crippen LogP contribution in [0.3, 0.4) is 0 Å². The largest absolute Gasteiger partial charge is 0.323 e. The lowest BCUT2D eigenvalue weighted by atomic mass is 10.3. The van der Waals surface area contributed by atoms with Crippen LogP contribution in [0.25, 0.3) is 0 Å². The second-order valence-corrected chi connectivity index (χ2v) is 5.85. The third-order valence-electron chi connectivity index (χ3n) is 2.52. The summed E-state index contributed by atoms with van der Waals surface area (Å²) in [5.74, 6) is 0. The molecule has 24 heavy (non-hydrogen) atoms. The van der Waals surface area contributed by atoms with E-state index in [1.165, 1.54) is 7.11 Å². The van der Waals surface area contributed by atoms with Crippen molar-refractivity contribution in [1.82, 2.24) is 0 Å². The molecule has 2 aromatic rings. The van der Waals surface area contributed by atoms with Gasteiger partial charge >= 0.3 is 6.03 Å². The van der Waals surface area contributed by atoms with E-state index in [1.807, 2.05) is 43.3 Å². The zero-order valence-corrected chi connectivity index (χ0v) is 14.4. The number of anilines is 2. The van der Waals surface area contributed by atoms with E-state index in [-0.39, 0.29) is 6.03 Å². The van der Waals surface area contributed by atoms with Gasteiger partial charge < -0.3 is 10.6 Å². The average Bonchev–Trinajstić information content (AvgIpc) is 2.85. The van der Waals surface area contributed by atoms with E-state index in [2.05, 4.69) is 15.5 Å². The van der Waals surface area contributed by atoms with Crippen molar-refractivity contribution in [1.29, 1.82) is 0 Å². The van der Waals surface area contributed by atoms with Crippen LogP contribution in [0.1, 0.15) is 9.75 Å². The first-order chi connectivity index (χ1) is 11.4. The third kappa shape index (κ3) is 7.68. The molecule has 0 atom stereocenters. The number of hydrogen-bond acceptors (Lipinski definition) is 6. The molecule has 2 amide bonds. The molecular weight excluding hydrogens is 334 g/mol. The van der Waals surface area contributed by atoms with Crippen LogP contribution >= 0.6 is 11.3 Å². The highest BCUT2D eigenvalue weighted by atomic mass is 32.1. The van der Waals surface area contributed by atoms with Gasteiger partial charge in [-0.2, -0.15) is 0 Å². The Bertz CT molecular complexity index is 656. The fourth-order valence-corrected chi connectivity index (χ4v) is 2.59. The summed E-state index contributed by atoms with van der Waals surface area (Å²) in [6.45, 7) is 2.28. The third-order valence-corrected chi connectivity index (χ3v) is 3.54. The van der Waals surface area contributed by atoms with Crippen LogP contribution in [-0.2, 0) is 16.4 Å². The summed E-state index contributed by atoms with van der Waals surface area (Å²) in [6, 6.07) is 10.9. The number of thiophene rings is 1. The van der Waals surface area contributed by atoms with E-state index in [0.717, 1.165) is 28.2 Å². The SMILES string of the molecule is COOCc1sc(C)cc1NC(=O)Nc1ccccc1.C[N+](=O)[O-]. The second kappa shape index (κ2) is 10.3. The van der Waals surface area contributed by atoms with Gasteiger partial charge in [0.15, 0.2) is 7.05 Å². The van der Waals surface area contributed by atoms with Gasteiger partial charge in [-0.3, -0.25) is 10.1 Å². The summed E-state index contributed by atoms with van der Waals surface area (Å²) >= 11 is 1.56. The number of rotatable bonds is 5. The Balaban J connectivity index is 0.000000648. The van der Waals surface area contributed by atoms with Gasteiger partial charge in [0.05, 0.1) is 17.7 Å². The van der Waals surface area contributed by atoms with E-state index in [0.29, 0.717) is 6.61 Å². The lowest BCUT2D eigenvalue weighted by molar-refractivity contribution is -0.445. The Labute approximate surface area is 143 Å². The molecule has 0 aliphatic heterocycles. The van der Waals surface area contributed by atoms with Gasteiger partial charge in [0.2, 0.25) is 0 Å². The van der Waals surface area contributed by atoms with E-state index >= 15 is 0 Å². The second-order valence-electron chi connectivity index (χ2n) is 4.51. The molecule has 0 spiro atoms.